The van der Waals surface area contributed by atoms with Crippen molar-refractivity contribution in [2.45, 2.75) is 39.2 Å². The van der Waals surface area contributed by atoms with Crippen molar-refractivity contribution in [3.63, 3.8) is 0 Å². The van der Waals surface area contributed by atoms with E-state index in [4.69, 9.17) is 4.74 Å². The topological polar surface area (TPSA) is 71.0 Å². The van der Waals surface area contributed by atoms with Gasteiger partial charge in [0.15, 0.2) is 0 Å². The molecule has 1 heterocycles. The van der Waals surface area contributed by atoms with Crippen molar-refractivity contribution < 1.29 is 14.3 Å². The van der Waals surface area contributed by atoms with Crippen LogP contribution in [0.1, 0.15) is 44.0 Å². The highest BCUT2D eigenvalue weighted by atomic mass is 16.5. The lowest BCUT2D eigenvalue weighted by Gasteiger charge is -2.26. The SMILES string of the molecule is CC[C@](C)(NC(=O)c1ccc(N2CCC(C)=N2)cc1)C(=O)OC. The van der Waals surface area contributed by atoms with Crippen LogP contribution >= 0.6 is 0 Å². The maximum absolute atomic E-state index is 12.4. The molecule has 0 radical (unpaired) electrons. The quantitative estimate of drug-likeness (QED) is 0.846. The van der Waals surface area contributed by atoms with Crippen LogP contribution in [0.15, 0.2) is 29.4 Å². The van der Waals surface area contributed by atoms with Crippen LogP contribution in [0.5, 0.6) is 0 Å². The molecule has 1 aliphatic rings. The zero-order chi connectivity index (χ0) is 17.0. The van der Waals surface area contributed by atoms with Crippen LogP contribution in [0.25, 0.3) is 0 Å². The zero-order valence-electron chi connectivity index (χ0n) is 14.0. The summed E-state index contributed by atoms with van der Waals surface area (Å²) in [4.78, 5) is 24.2. The van der Waals surface area contributed by atoms with Gasteiger partial charge in [0, 0.05) is 24.2 Å². The van der Waals surface area contributed by atoms with E-state index in [0.717, 1.165) is 24.4 Å². The number of carbonyl (C=O) groups is 2. The molecule has 23 heavy (non-hydrogen) atoms. The third kappa shape index (κ3) is 3.70. The van der Waals surface area contributed by atoms with Crippen molar-refractivity contribution in [3.8, 4) is 0 Å². The summed E-state index contributed by atoms with van der Waals surface area (Å²) in [5.74, 6) is -0.751. The van der Waals surface area contributed by atoms with E-state index in [2.05, 4.69) is 10.4 Å². The van der Waals surface area contributed by atoms with Gasteiger partial charge in [0.05, 0.1) is 12.8 Å². The summed E-state index contributed by atoms with van der Waals surface area (Å²) in [6, 6.07) is 7.19. The molecule has 6 nitrogen and oxygen atoms in total. The number of ether oxygens (including phenoxy) is 1. The van der Waals surface area contributed by atoms with E-state index in [0.29, 0.717) is 12.0 Å². The van der Waals surface area contributed by atoms with Crippen LogP contribution in [0.3, 0.4) is 0 Å². The normalized spacial score (nSPS) is 16.5. The Labute approximate surface area is 136 Å². The molecule has 1 N–H and O–H groups in total. The standard InChI is InChI=1S/C17H23N3O3/c1-5-17(3,16(22)23-4)18-15(21)13-6-8-14(9-7-13)20-11-10-12(2)19-20/h6-9H,5,10-11H2,1-4H3,(H,18,21)/t17-/m0/s1. The van der Waals surface area contributed by atoms with Gasteiger partial charge in [-0.1, -0.05) is 6.92 Å². The first-order valence-electron chi connectivity index (χ1n) is 7.72. The molecule has 2 rings (SSSR count). The molecular weight excluding hydrogens is 294 g/mol. The number of hydrogen-bond acceptors (Lipinski definition) is 5. The first kappa shape index (κ1) is 17.0. The second-order valence-corrected chi connectivity index (χ2v) is 5.89. The summed E-state index contributed by atoms with van der Waals surface area (Å²) < 4.78 is 4.76. The Bertz CT molecular complexity index is 624. The second kappa shape index (κ2) is 6.81. The predicted octanol–water partition coefficient (Wildman–Crippen LogP) is 2.34. The average Bonchev–Trinajstić information content (AvgIpc) is 3.00. The molecule has 0 aliphatic carbocycles. The van der Waals surface area contributed by atoms with Gasteiger partial charge in [0.1, 0.15) is 5.54 Å². The third-order valence-corrected chi connectivity index (χ3v) is 4.14. The number of rotatable bonds is 5. The van der Waals surface area contributed by atoms with Crippen molar-refractivity contribution in [1.29, 1.82) is 0 Å². The van der Waals surface area contributed by atoms with Gasteiger partial charge in [-0.25, -0.2) is 4.79 Å². The van der Waals surface area contributed by atoms with Gasteiger partial charge in [-0.05, 0) is 44.5 Å². The summed E-state index contributed by atoms with van der Waals surface area (Å²) in [5, 5.41) is 9.10. The molecule has 0 fully saturated rings. The van der Waals surface area contributed by atoms with Crippen molar-refractivity contribution in [2.24, 2.45) is 5.10 Å². The number of anilines is 1. The molecule has 1 aromatic carbocycles. The number of hydrogen-bond donors (Lipinski definition) is 1. The largest absolute Gasteiger partial charge is 0.467 e. The van der Waals surface area contributed by atoms with E-state index in [9.17, 15) is 9.59 Å². The molecule has 1 amide bonds. The maximum Gasteiger partial charge on any atom is 0.331 e. The molecule has 1 aromatic rings. The second-order valence-electron chi connectivity index (χ2n) is 5.89. The van der Waals surface area contributed by atoms with Crippen molar-refractivity contribution in [1.82, 2.24) is 5.32 Å². The Balaban J connectivity index is 2.10. The number of nitrogens with one attached hydrogen (secondary N) is 1. The molecular formula is C17H23N3O3. The van der Waals surface area contributed by atoms with E-state index in [1.807, 2.05) is 31.0 Å². The van der Waals surface area contributed by atoms with Crippen molar-refractivity contribution in [2.75, 3.05) is 18.7 Å². The fourth-order valence-electron chi connectivity index (χ4n) is 2.38. The van der Waals surface area contributed by atoms with E-state index < -0.39 is 11.5 Å². The van der Waals surface area contributed by atoms with Crippen molar-refractivity contribution in [3.05, 3.63) is 29.8 Å². The first-order valence-corrected chi connectivity index (χ1v) is 7.72. The summed E-state index contributed by atoms with van der Waals surface area (Å²) >= 11 is 0. The van der Waals surface area contributed by atoms with Gasteiger partial charge in [0.25, 0.3) is 5.91 Å². The number of esters is 1. The molecule has 1 atom stereocenters. The zero-order valence-corrected chi connectivity index (χ0v) is 14.0. The van der Waals surface area contributed by atoms with Crippen LogP contribution in [0, 0.1) is 0 Å². The van der Waals surface area contributed by atoms with E-state index in [1.54, 1.807) is 19.1 Å². The number of amides is 1. The maximum atomic E-state index is 12.4. The highest BCUT2D eigenvalue weighted by molar-refractivity contribution is 5.98. The van der Waals surface area contributed by atoms with Gasteiger partial charge in [-0.2, -0.15) is 5.10 Å². The molecule has 0 unspecified atom stereocenters. The smallest absolute Gasteiger partial charge is 0.331 e. The summed E-state index contributed by atoms with van der Waals surface area (Å²) in [6.45, 7) is 6.34. The third-order valence-electron chi connectivity index (χ3n) is 4.14. The van der Waals surface area contributed by atoms with Gasteiger partial charge in [-0.15, -0.1) is 0 Å². The highest BCUT2D eigenvalue weighted by Gasteiger charge is 2.34. The monoisotopic (exact) mass is 317 g/mol. The highest BCUT2D eigenvalue weighted by Crippen LogP contribution is 2.20. The Kier molecular flexibility index (Phi) is 5.03. The summed E-state index contributed by atoms with van der Waals surface area (Å²) in [6.07, 6.45) is 1.40. The van der Waals surface area contributed by atoms with Crippen LogP contribution in [-0.4, -0.2) is 36.8 Å². The van der Waals surface area contributed by atoms with E-state index in [1.165, 1.54) is 7.11 Å². The lowest BCUT2D eigenvalue weighted by atomic mass is 9.98. The first-order chi connectivity index (χ1) is 10.9. The van der Waals surface area contributed by atoms with Gasteiger partial charge in [0.2, 0.25) is 0 Å². The number of nitrogens with zero attached hydrogens (tertiary/aromatic N) is 2. The Morgan fingerprint density at radius 2 is 2.00 bits per heavy atom. The van der Waals surface area contributed by atoms with Crippen LogP contribution < -0.4 is 10.3 Å². The summed E-state index contributed by atoms with van der Waals surface area (Å²) in [7, 11) is 1.32. The van der Waals surface area contributed by atoms with Crippen LogP contribution in [-0.2, 0) is 9.53 Å². The van der Waals surface area contributed by atoms with Crippen molar-refractivity contribution >= 4 is 23.3 Å². The number of carbonyl (C=O) groups excluding carboxylic acids is 2. The minimum absolute atomic E-state index is 0.299. The lowest BCUT2D eigenvalue weighted by molar-refractivity contribution is -0.147. The molecule has 0 saturated carbocycles. The molecule has 0 saturated heterocycles. The molecule has 6 heteroatoms. The predicted molar refractivity (Wildman–Crippen MR) is 89.7 cm³/mol. The van der Waals surface area contributed by atoms with Gasteiger partial charge < -0.3 is 10.1 Å². The number of methoxy groups -OCH3 is 1. The lowest BCUT2D eigenvalue weighted by Crippen LogP contribution is -2.52. The molecule has 1 aliphatic heterocycles. The number of hydrazone groups is 1. The van der Waals surface area contributed by atoms with Gasteiger partial charge >= 0.3 is 5.97 Å². The van der Waals surface area contributed by atoms with Gasteiger partial charge in [-0.3, -0.25) is 9.80 Å². The van der Waals surface area contributed by atoms with Crippen LogP contribution in [0.2, 0.25) is 0 Å². The Morgan fingerprint density at radius 3 is 2.48 bits per heavy atom. The fourth-order valence-corrected chi connectivity index (χ4v) is 2.38. The summed E-state index contributed by atoms with van der Waals surface area (Å²) in [5.41, 5.74) is 1.52. The average molecular weight is 317 g/mol. The molecule has 124 valence electrons. The Hall–Kier alpha value is -2.37. The minimum Gasteiger partial charge on any atom is -0.467 e. The van der Waals surface area contributed by atoms with Crippen LogP contribution in [0.4, 0.5) is 5.69 Å². The fraction of sp³-hybridized carbons (Fsp3) is 0.471. The van der Waals surface area contributed by atoms with E-state index >= 15 is 0 Å². The molecule has 0 spiro atoms. The number of benzene rings is 1. The minimum atomic E-state index is -1.03. The molecule has 0 bridgehead atoms. The molecule has 0 aromatic heterocycles. The van der Waals surface area contributed by atoms with E-state index in [-0.39, 0.29) is 5.91 Å². The Morgan fingerprint density at radius 1 is 1.35 bits per heavy atom.